The van der Waals surface area contributed by atoms with E-state index in [1.165, 1.54) is 6.92 Å². The minimum atomic E-state index is -0.312. The molecule has 0 saturated heterocycles. The van der Waals surface area contributed by atoms with Gasteiger partial charge in [0.25, 0.3) is 0 Å². The van der Waals surface area contributed by atoms with Crippen molar-refractivity contribution in [2.45, 2.75) is 77.6 Å². The molecule has 1 aliphatic carbocycles. The van der Waals surface area contributed by atoms with Gasteiger partial charge in [0, 0.05) is 23.7 Å². The van der Waals surface area contributed by atoms with Crippen molar-refractivity contribution in [3.63, 3.8) is 0 Å². The van der Waals surface area contributed by atoms with E-state index >= 15 is 0 Å². The van der Waals surface area contributed by atoms with Gasteiger partial charge in [-0.05, 0) is 67.2 Å². The predicted molar refractivity (Wildman–Crippen MR) is 130 cm³/mol. The van der Waals surface area contributed by atoms with E-state index < -0.39 is 0 Å². The highest BCUT2D eigenvalue weighted by Crippen LogP contribution is 2.48. The fourth-order valence-electron chi connectivity index (χ4n) is 4.46. The summed E-state index contributed by atoms with van der Waals surface area (Å²) < 4.78 is 5.18. The quantitative estimate of drug-likeness (QED) is 0.161. The zero-order valence-electron chi connectivity index (χ0n) is 19.3. The molecule has 0 heterocycles. The number of carbonyl (C=O) groups excluding carboxylic acids is 1. The normalized spacial score (nSPS) is 19.1. The maximum atomic E-state index is 11.2. The van der Waals surface area contributed by atoms with Crippen LogP contribution < -0.4 is 0 Å². The molecule has 0 radical (unpaired) electrons. The molecule has 0 aliphatic heterocycles. The first-order valence-electron chi connectivity index (χ1n) is 11.2. The average molecular weight is 493 g/mol. The number of phenols is 2. The summed E-state index contributed by atoms with van der Waals surface area (Å²) in [6, 6.07) is 3.62. The Morgan fingerprint density at radius 1 is 1.19 bits per heavy atom. The van der Waals surface area contributed by atoms with Crippen LogP contribution in [-0.4, -0.2) is 28.1 Å². The number of allylic oxidation sites excluding steroid dienone is 2. The van der Waals surface area contributed by atoms with E-state index in [0.29, 0.717) is 5.56 Å². The van der Waals surface area contributed by atoms with Gasteiger partial charge in [0.2, 0.25) is 0 Å². The second kappa shape index (κ2) is 11.2. The molecule has 2 N–H and O–H groups in total. The van der Waals surface area contributed by atoms with Gasteiger partial charge in [0.05, 0.1) is 0 Å². The number of unbranched alkanes of at least 4 members (excludes halogenated alkanes) is 2. The van der Waals surface area contributed by atoms with Crippen LogP contribution in [0.1, 0.15) is 83.3 Å². The molecule has 31 heavy (non-hydrogen) atoms. The van der Waals surface area contributed by atoms with Crippen LogP contribution in [0.25, 0.3) is 0 Å². The molecule has 1 aromatic rings. The van der Waals surface area contributed by atoms with Gasteiger partial charge in [-0.3, -0.25) is 4.79 Å². The fourth-order valence-corrected chi connectivity index (χ4v) is 4.86. The molecule has 0 aromatic heterocycles. The first-order chi connectivity index (χ1) is 14.6. The number of aromatic hydroxyl groups is 2. The predicted octanol–water partition coefficient (Wildman–Crippen LogP) is 6.89. The molecule has 0 amide bonds. The Kier molecular flexibility index (Phi) is 9.23. The van der Waals surface area contributed by atoms with E-state index in [-0.39, 0.29) is 41.3 Å². The molecule has 0 bridgehead atoms. The monoisotopic (exact) mass is 492 g/mol. The number of alkyl halides is 1. The molecule has 5 heteroatoms. The van der Waals surface area contributed by atoms with Crippen molar-refractivity contribution < 1.29 is 19.7 Å². The topological polar surface area (TPSA) is 66.8 Å². The smallest absolute Gasteiger partial charge is 0.302 e. The van der Waals surface area contributed by atoms with Gasteiger partial charge in [-0.2, -0.15) is 0 Å². The molecule has 172 valence electrons. The van der Waals surface area contributed by atoms with Crippen LogP contribution in [-0.2, 0) is 14.9 Å². The molecule has 1 aromatic carbocycles. The van der Waals surface area contributed by atoms with Crippen molar-refractivity contribution in [2.24, 2.45) is 5.92 Å². The molecule has 1 aliphatic rings. The second-order valence-corrected chi connectivity index (χ2v) is 10.2. The molecular weight excluding hydrogens is 456 g/mol. The van der Waals surface area contributed by atoms with Crippen molar-refractivity contribution in [1.82, 2.24) is 0 Å². The number of rotatable bonds is 10. The summed E-state index contributed by atoms with van der Waals surface area (Å²) in [5.41, 5.74) is 3.36. The Morgan fingerprint density at radius 2 is 1.84 bits per heavy atom. The van der Waals surface area contributed by atoms with Crippen LogP contribution in [0.5, 0.6) is 11.5 Å². The molecule has 0 unspecified atom stereocenters. The summed E-state index contributed by atoms with van der Waals surface area (Å²) in [7, 11) is 0. The fraction of sp³-hybridized carbons (Fsp3) is 0.577. The molecule has 2 rings (SSSR count). The zero-order valence-corrected chi connectivity index (χ0v) is 20.9. The minimum absolute atomic E-state index is 0.112. The van der Waals surface area contributed by atoms with Crippen molar-refractivity contribution in [1.29, 1.82) is 0 Å². The number of benzene rings is 1. The highest BCUT2D eigenvalue weighted by Gasteiger charge is 2.32. The van der Waals surface area contributed by atoms with Crippen molar-refractivity contribution in [2.75, 3.05) is 11.9 Å². The standard InChI is InChI=1S/C26H37BrO4/c1-17(2)21-10-9-19(16-31-18(3)28)13-22(21)25-23(29)14-20(15-24(25)30)26(4,5)11-7-6-8-12-27/h13-15,21-22,29-30H,1,6-12,16H2,2-5H3/t21-,22+/m1/s1. The van der Waals surface area contributed by atoms with E-state index in [1.54, 1.807) is 0 Å². The van der Waals surface area contributed by atoms with E-state index in [0.717, 1.165) is 60.6 Å². The molecule has 0 saturated carbocycles. The second-order valence-electron chi connectivity index (χ2n) is 9.43. The number of phenolic OH excluding ortho intramolecular Hbond substituents is 2. The summed E-state index contributed by atoms with van der Waals surface area (Å²) in [4.78, 5) is 11.2. The Balaban J connectivity index is 2.35. The summed E-state index contributed by atoms with van der Waals surface area (Å²) in [6.07, 6.45) is 8.08. The first-order valence-corrected chi connectivity index (χ1v) is 12.3. The van der Waals surface area contributed by atoms with Crippen LogP contribution in [0.4, 0.5) is 0 Å². The average Bonchev–Trinajstić information content (AvgIpc) is 2.69. The van der Waals surface area contributed by atoms with Crippen LogP contribution >= 0.6 is 15.9 Å². The molecule has 0 spiro atoms. The third kappa shape index (κ3) is 6.86. The number of hydrogen-bond acceptors (Lipinski definition) is 4. The maximum Gasteiger partial charge on any atom is 0.302 e. The Hall–Kier alpha value is -1.75. The number of halogens is 1. The lowest BCUT2D eigenvalue weighted by Gasteiger charge is -2.33. The van der Waals surface area contributed by atoms with E-state index in [2.05, 4.69) is 36.4 Å². The van der Waals surface area contributed by atoms with Crippen LogP contribution in [0.3, 0.4) is 0 Å². The van der Waals surface area contributed by atoms with Crippen molar-refractivity contribution in [3.05, 3.63) is 47.1 Å². The van der Waals surface area contributed by atoms with Crippen LogP contribution in [0.15, 0.2) is 35.9 Å². The molecule has 2 atom stereocenters. The lowest BCUT2D eigenvalue weighted by molar-refractivity contribution is -0.140. The van der Waals surface area contributed by atoms with Gasteiger partial charge in [-0.25, -0.2) is 0 Å². The van der Waals surface area contributed by atoms with Gasteiger partial charge in [0.15, 0.2) is 0 Å². The van der Waals surface area contributed by atoms with Gasteiger partial charge >= 0.3 is 5.97 Å². The lowest BCUT2D eigenvalue weighted by atomic mass is 9.72. The highest BCUT2D eigenvalue weighted by atomic mass is 79.9. The Bertz CT molecular complexity index is 802. The summed E-state index contributed by atoms with van der Waals surface area (Å²) in [5, 5.41) is 23.0. The Morgan fingerprint density at radius 3 is 2.39 bits per heavy atom. The molecule has 0 fully saturated rings. The SMILES string of the molecule is C=C(C)[C@H]1CCC(COC(C)=O)=C[C@@H]1c1c(O)cc(C(C)(C)CCCCCBr)cc1O. The van der Waals surface area contributed by atoms with Crippen molar-refractivity contribution >= 4 is 21.9 Å². The number of carbonyl (C=O) groups is 1. The third-order valence-corrected chi connectivity index (χ3v) is 6.97. The molecular formula is C26H37BrO4. The largest absolute Gasteiger partial charge is 0.507 e. The van der Waals surface area contributed by atoms with Crippen LogP contribution in [0.2, 0.25) is 0 Å². The summed E-state index contributed by atoms with van der Waals surface area (Å²) in [6.45, 7) is 12.1. The van der Waals surface area contributed by atoms with Gasteiger partial charge in [-0.15, -0.1) is 0 Å². The van der Waals surface area contributed by atoms with E-state index in [9.17, 15) is 15.0 Å². The van der Waals surface area contributed by atoms with E-state index in [4.69, 9.17) is 4.74 Å². The number of hydrogen-bond donors (Lipinski definition) is 2. The van der Waals surface area contributed by atoms with Gasteiger partial charge in [0.1, 0.15) is 18.1 Å². The summed E-state index contributed by atoms with van der Waals surface area (Å²) in [5.74, 6) is -0.170. The van der Waals surface area contributed by atoms with Gasteiger partial charge < -0.3 is 14.9 Å². The number of esters is 1. The first kappa shape index (κ1) is 25.5. The van der Waals surface area contributed by atoms with Crippen LogP contribution in [0, 0.1) is 5.92 Å². The summed E-state index contributed by atoms with van der Waals surface area (Å²) >= 11 is 3.47. The lowest BCUT2D eigenvalue weighted by Crippen LogP contribution is -2.21. The van der Waals surface area contributed by atoms with E-state index in [1.807, 2.05) is 25.1 Å². The van der Waals surface area contributed by atoms with Crippen molar-refractivity contribution in [3.8, 4) is 11.5 Å². The zero-order chi connectivity index (χ0) is 23.2. The maximum absolute atomic E-state index is 11.2. The van der Waals surface area contributed by atoms with Gasteiger partial charge in [-0.1, -0.05) is 60.8 Å². The molecule has 4 nitrogen and oxygen atoms in total. The third-order valence-electron chi connectivity index (χ3n) is 6.41. The highest BCUT2D eigenvalue weighted by molar-refractivity contribution is 9.09. The Labute approximate surface area is 195 Å². The minimum Gasteiger partial charge on any atom is -0.507 e. The number of ether oxygens (including phenoxy) is 1.